The molecule has 0 aliphatic heterocycles. The molecule has 0 atom stereocenters. The third kappa shape index (κ3) is 12.0. The number of phosphoric ester groups is 1. The Kier molecular flexibility index (Phi) is 12.7. The standard InChI is InChI=1S/C15H25O4P.K.H/c1-2-3-4-5-6-7-8-9-14-10-12-15(13-11-14)19-20(16,17)18;;/h10-13H,2-9H2,1H3,(H2,16,17,18);;/q;+1;-1. The summed E-state index contributed by atoms with van der Waals surface area (Å²) >= 11 is 0. The number of aryl methyl sites for hydroxylation is 1. The molecule has 6 heteroatoms. The third-order valence-electron chi connectivity index (χ3n) is 3.22. The van der Waals surface area contributed by atoms with Crippen LogP contribution >= 0.6 is 7.82 Å². The molecule has 0 unspecified atom stereocenters. The van der Waals surface area contributed by atoms with Crippen molar-refractivity contribution in [3.63, 3.8) is 0 Å². The van der Waals surface area contributed by atoms with E-state index < -0.39 is 7.82 Å². The van der Waals surface area contributed by atoms with Gasteiger partial charge in [0.2, 0.25) is 0 Å². The van der Waals surface area contributed by atoms with Gasteiger partial charge in [-0.3, -0.25) is 9.79 Å². The predicted octanol–water partition coefficient (Wildman–Crippen LogP) is 1.57. The van der Waals surface area contributed by atoms with Crippen molar-refractivity contribution in [2.75, 3.05) is 0 Å². The summed E-state index contributed by atoms with van der Waals surface area (Å²) in [5.74, 6) is 0.210. The molecule has 4 nitrogen and oxygen atoms in total. The fraction of sp³-hybridized carbons (Fsp3) is 0.600. The summed E-state index contributed by atoms with van der Waals surface area (Å²) in [7, 11) is -4.44. The van der Waals surface area contributed by atoms with Gasteiger partial charge in [-0.15, -0.1) is 0 Å². The Morgan fingerprint density at radius 3 is 2.05 bits per heavy atom. The molecule has 0 aliphatic rings. The first-order valence-electron chi connectivity index (χ1n) is 7.35. The van der Waals surface area contributed by atoms with Gasteiger partial charge in [-0.1, -0.05) is 57.6 Å². The minimum absolute atomic E-state index is 0. The van der Waals surface area contributed by atoms with E-state index in [1.165, 1.54) is 44.1 Å². The monoisotopic (exact) mass is 340 g/mol. The molecule has 1 rings (SSSR count). The number of phosphoric acid groups is 1. The Bertz CT molecular complexity index is 422. The molecule has 0 bridgehead atoms. The van der Waals surface area contributed by atoms with Gasteiger partial charge in [0, 0.05) is 0 Å². The van der Waals surface area contributed by atoms with E-state index in [1.807, 2.05) is 12.1 Å². The van der Waals surface area contributed by atoms with Crippen molar-refractivity contribution in [1.29, 1.82) is 0 Å². The number of unbranched alkanes of at least 4 members (excludes halogenated alkanes) is 6. The summed E-state index contributed by atoms with van der Waals surface area (Å²) in [6.07, 6.45) is 9.97. The summed E-state index contributed by atoms with van der Waals surface area (Å²) in [6.45, 7) is 2.22. The number of hydrogen-bond donors (Lipinski definition) is 2. The zero-order valence-electron chi connectivity index (χ0n) is 14.1. The van der Waals surface area contributed by atoms with Crippen LogP contribution in [0, 0.1) is 0 Å². The van der Waals surface area contributed by atoms with Gasteiger partial charge in [-0.25, -0.2) is 4.57 Å². The molecule has 0 heterocycles. The maximum atomic E-state index is 10.7. The number of rotatable bonds is 10. The average Bonchev–Trinajstić information content (AvgIpc) is 2.38. The van der Waals surface area contributed by atoms with Crippen LogP contribution in [0.1, 0.15) is 58.9 Å². The summed E-state index contributed by atoms with van der Waals surface area (Å²) in [5, 5.41) is 0. The molecule has 0 spiro atoms. The Morgan fingerprint density at radius 2 is 1.52 bits per heavy atom. The third-order valence-corrected chi connectivity index (χ3v) is 3.67. The van der Waals surface area contributed by atoms with E-state index in [-0.39, 0.29) is 58.6 Å². The average molecular weight is 340 g/mol. The smallest absolute Gasteiger partial charge is 1.00 e. The molecule has 116 valence electrons. The minimum Gasteiger partial charge on any atom is -1.00 e. The van der Waals surface area contributed by atoms with Gasteiger partial charge in [-0.2, -0.15) is 0 Å². The fourth-order valence-corrected chi connectivity index (χ4v) is 2.54. The van der Waals surface area contributed by atoms with Crippen molar-refractivity contribution < 1.29 is 71.7 Å². The van der Waals surface area contributed by atoms with Crippen molar-refractivity contribution in [3.8, 4) is 5.75 Å². The van der Waals surface area contributed by atoms with E-state index in [1.54, 1.807) is 12.1 Å². The normalized spacial score (nSPS) is 11.0. The molecular formula is C15H26KO4P. The minimum atomic E-state index is -4.44. The van der Waals surface area contributed by atoms with Crippen molar-refractivity contribution in [2.24, 2.45) is 0 Å². The van der Waals surface area contributed by atoms with Crippen molar-refractivity contribution in [3.05, 3.63) is 29.8 Å². The summed E-state index contributed by atoms with van der Waals surface area (Å²) in [6, 6.07) is 6.94. The number of benzene rings is 1. The molecular weight excluding hydrogens is 314 g/mol. The summed E-state index contributed by atoms with van der Waals surface area (Å²) in [5.41, 5.74) is 1.18. The molecule has 2 N–H and O–H groups in total. The first-order valence-corrected chi connectivity index (χ1v) is 8.88. The van der Waals surface area contributed by atoms with Crippen LogP contribution in [-0.4, -0.2) is 9.79 Å². The zero-order chi connectivity index (χ0) is 14.8. The molecule has 1 aromatic rings. The Hall–Kier alpha value is 0.806. The van der Waals surface area contributed by atoms with Crippen LogP contribution < -0.4 is 55.9 Å². The van der Waals surface area contributed by atoms with Crippen molar-refractivity contribution in [1.82, 2.24) is 0 Å². The largest absolute Gasteiger partial charge is 1.00 e. The van der Waals surface area contributed by atoms with Gasteiger partial charge in [0.15, 0.2) is 0 Å². The Morgan fingerprint density at radius 1 is 1.00 bits per heavy atom. The van der Waals surface area contributed by atoms with Gasteiger partial charge in [0.05, 0.1) is 0 Å². The molecule has 21 heavy (non-hydrogen) atoms. The molecule has 0 aromatic heterocycles. The van der Waals surface area contributed by atoms with Crippen LogP contribution in [0.3, 0.4) is 0 Å². The topological polar surface area (TPSA) is 66.8 Å². The molecule has 0 fully saturated rings. The van der Waals surface area contributed by atoms with Crippen molar-refractivity contribution in [2.45, 2.75) is 58.3 Å². The van der Waals surface area contributed by atoms with E-state index >= 15 is 0 Å². The second-order valence-electron chi connectivity index (χ2n) is 5.10. The van der Waals surface area contributed by atoms with E-state index in [4.69, 9.17) is 9.79 Å². The molecule has 0 saturated heterocycles. The van der Waals surface area contributed by atoms with Crippen LogP contribution in [0.4, 0.5) is 0 Å². The number of hydrogen-bond acceptors (Lipinski definition) is 2. The van der Waals surface area contributed by atoms with Gasteiger partial charge in [0.25, 0.3) is 0 Å². The summed E-state index contributed by atoms with van der Waals surface area (Å²) in [4.78, 5) is 17.4. The van der Waals surface area contributed by atoms with Crippen LogP contribution in [-0.2, 0) is 11.0 Å². The SMILES string of the molecule is CCCCCCCCCc1ccc(OP(=O)(O)O)cc1.[H-].[K+]. The van der Waals surface area contributed by atoms with Gasteiger partial charge in [-0.05, 0) is 30.5 Å². The van der Waals surface area contributed by atoms with E-state index in [0.29, 0.717) is 0 Å². The summed E-state index contributed by atoms with van der Waals surface area (Å²) < 4.78 is 15.2. The zero-order valence-corrected chi connectivity index (χ0v) is 17.1. The van der Waals surface area contributed by atoms with E-state index in [2.05, 4.69) is 11.4 Å². The Balaban J connectivity index is 0. The molecule has 0 radical (unpaired) electrons. The quantitative estimate of drug-likeness (QED) is 0.385. The van der Waals surface area contributed by atoms with Crippen molar-refractivity contribution >= 4 is 7.82 Å². The van der Waals surface area contributed by atoms with Crippen LogP contribution in [0.25, 0.3) is 0 Å². The second-order valence-corrected chi connectivity index (χ2v) is 6.26. The fourth-order valence-electron chi connectivity index (χ4n) is 2.14. The van der Waals surface area contributed by atoms with Crippen LogP contribution in [0.15, 0.2) is 24.3 Å². The maximum Gasteiger partial charge on any atom is 1.00 e. The molecule has 0 saturated carbocycles. The van der Waals surface area contributed by atoms with Gasteiger partial charge < -0.3 is 5.95 Å². The predicted molar refractivity (Wildman–Crippen MR) is 81.9 cm³/mol. The van der Waals surface area contributed by atoms with E-state index in [0.717, 1.165) is 12.8 Å². The van der Waals surface area contributed by atoms with Gasteiger partial charge in [0.1, 0.15) is 5.75 Å². The van der Waals surface area contributed by atoms with Gasteiger partial charge >= 0.3 is 59.2 Å². The molecule has 0 aliphatic carbocycles. The Labute approximate surface area is 171 Å². The van der Waals surface area contributed by atoms with E-state index in [9.17, 15) is 4.57 Å². The first-order chi connectivity index (χ1) is 9.51. The maximum absolute atomic E-state index is 10.7. The second kappa shape index (κ2) is 12.3. The first kappa shape index (κ1) is 21.8. The molecule has 1 aromatic carbocycles. The van der Waals surface area contributed by atoms with Crippen LogP contribution in [0.2, 0.25) is 0 Å². The van der Waals surface area contributed by atoms with Crippen LogP contribution in [0.5, 0.6) is 5.75 Å². The molecule has 0 amide bonds.